The van der Waals surface area contributed by atoms with Crippen molar-refractivity contribution >= 4 is 6.03 Å². The number of urea groups is 1. The van der Waals surface area contributed by atoms with Gasteiger partial charge in [-0.2, -0.15) is 0 Å². The van der Waals surface area contributed by atoms with Crippen molar-refractivity contribution in [3.8, 4) is 0 Å². The summed E-state index contributed by atoms with van der Waals surface area (Å²) in [6.07, 6.45) is -0.894. The Bertz CT molecular complexity index is 227. The molecule has 1 unspecified atom stereocenters. The van der Waals surface area contributed by atoms with Gasteiger partial charge in [0.1, 0.15) is 0 Å². The van der Waals surface area contributed by atoms with Crippen LogP contribution in [0, 0.1) is 0 Å². The fraction of sp³-hybridized carbons (Fsp3) is 0.875. The van der Waals surface area contributed by atoms with Gasteiger partial charge in [-0.1, -0.05) is 0 Å². The summed E-state index contributed by atoms with van der Waals surface area (Å²) in [5.74, 6) is -2.36. The Morgan fingerprint density at radius 3 is 2.27 bits per heavy atom. The van der Waals surface area contributed by atoms with Crippen LogP contribution in [0.1, 0.15) is 13.8 Å². The molecule has 0 aromatic rings. The first-order valence-corrected chi connectivity index (χ1v) is 4.77. The fourth-order valence-corrected chi connectivity index (χ4v) is 1.35. The Balaban J connectivity index is 2.69. The molecule has 1 fully saturated rings. The Morgan fingerprint density at radius 1 is 1.40 bits per heavy atom. The van der Waals surface area contributed by atoms with E-state index in [1.807, 2.05) is 5.32 Å². The minimum absolute atomic E-state index is 0.340. The molecule has 0 aromatic heterocycles. The van der Waals surface area contributed by atoms with E-state index in [0.717, 1.165) is 0 Å². The zero-order valence-corrected chi connectivity index (χ0v) is 8.69. The van der Waals surface area contributed by atoms with Crippen LogP contribution >= 0.6 is 0 Å². The minimum Gasteiger partial charge on any atom is -0.350 e. The van der Waals surface area contributed by atoms with E-state index in [0.29, 0.717) is 13.2 Å². The smallest absolute Gasteiger partial charge is 0.319 e. The number of hydrogen-bond donors (Lipinski definition) is 4. The second-order valence-electron chi connectivity index (χ2n) is 3.08. The van der Waals surface area contributed by atoms with Crippen molar-refractivity contribution in [3.63, 3.8) is 0 Å². The number of nitrogens with one attached hydrogen (secondary N) is 2. The van der Waals surface area contributed by atoms with Gasteiger partial charge < -0.3 is 25.0 Å². The first kappa shape index (κ1) is 12.2. The summed E-state index contributed by atoms with van der Waals surface area (Å²) in [4.78, 5) is 10.9. The minimum atomic E-state index is -2.36. The van der Waals surface area contributed by atoms with Crippen LogP contribution in [0.3, 0.4) is 0 Å². The van der Waals surface area contributed by atoms with Crippen LogP contribution in [0.2, 0.25) is 0 Å². The predicted molar refractivity (Wildman–Crippen MR) is 49.7 cm³/mol. The van der Waals surface area contributed by atoms with E-state index in [-0.39, 0.29) is 0 Å². The first-order chi connectivity index (χ1) is 7.01. The molecule has 0 bridgehead atoms. The normalized spacial score (nSPS) is 24.1. The third kappa shape index (κ3) is 2.78. The number of carbonyl (C=O) groups excluding carboxylic acids is 1. The molecule has 0 aromatic carbocycles. The number of aliphatic hydroxyl groups is 2. The van der Waals surface area contributed by atoms with Gasteiger partial charge in [0.15, 0.2) is 12.3 Å². The molecule has 88 valence electrons. The Labute approximate surface area is 87.4 Å². The SMILES string of the molecule is CCOC(OCC)C1NC(=O)NC1(O)O. The van der Waals surface area contributed by atoms with Gasteiger partial charge in [0.05, 0.1) is 0 Å². The lowest BCUT2D eigenvalue weighted by molar-refractivity contribution is -0.247. The molecule has 0 radical (unpaired) electrons. The summed E-state index contributed by atoms with van der Waals surface area (Å²) >= 11 is 0. The lowest BCUT2D eigenvalue weighted by Gasteiger charge is -2.28. The summed E-state index contributed by atoms with van der Waals surface area (Å²) in [6.45, 7) is 4.17. The summed E-state index contributed by atoms with van der Waals surface area (Å²) in [7, 11) is 0. The molecule has 1 rings (SSSR count). The summed E-state index contributed by atoms with van der Waals surface area (Å²) in [5, 5.41) is 23.2. The monoisotopic (exact) mass is 220 g/mol. The van der Waals surface area contributed by atoms with Crippen LogP contribution in [0.25, 0.3) is 0 Å². The number of hydrogen-bond acceptors (Lipinski definition) is 5. The third-order valence-corrected chi connectivity index (χ3v) is 1.95. The van der Waals surface area contributed by atoms with E-state index >= 15 is 0 Å². The van der Waals surface area contributed by atoms with E-state index in [9.17, 15) is 15.0 Å². The number of rotatable bonds is 5. The fourth-order valence-electron chi connectivity index (χ4n) is 1.35. The molecule has 1 aliphatic rings. The highest BCUT2D eigenvalue weighted by Gasteiger charge is 2.49. The lowest BCUT2D eigenvalue weighted by atomic mass is 10.2. The second-order valence-corrected chi connectivity index (χ2v) is 3.08. The topological polar surface area (TPSA) is 100 Å². The molecule has 1 aliphatic heterocycles. The maximum absolute atomic E-state index is 10.9. The number of ether oxygens (including phenoxy) is 2. The van der Waals surface area contributed by atoms with Crippen molar-refractivity contribution in [2.75, 3.05) is 13.2 Å². The molecule has 0 spiro atoms. The molecular formula is C8H16N2O5. The zero-order chi connectivity index (χ0) is 11.5. The zero-order valence-electron chi connectivity index (χ0n) is 8.69. The van der Waals surface area contributed by atoms with Gasteiger partial charge in [-0.3, -0.25) is 5.32 Å². The van der Waals surface area contributed by atoms with Gasteiger partial charge in [0.25, 0.3) is 5.91 Å². The van der Waals surface area contributed by atoms with E-state index < -0.39 is 24.3 Å². The van der Waals surface area contributed by atoms with Crippen LogP contribution in [-0.4, -0.2) is 47.7 Å². The molecule has 0 aliphatic carbocycles. The van der Waals surface area contributed by atoms with Crippen LogP contribution in [0.15, 0.2) is 0 Å². The highest BCUT2D eigenvalue weighted by Crippen LogP contribution is 2.16. The van der Waals surface area contributed by atoms with Gasteiger partial charge in [0.2, 0.25) is 0 Å². The first-order valence-electron chi connectivity index (χ1n) is 4.77. The molecule has 7 nitrogen and oxygen atoms in total. The van der Waals surface area contributed by atoms with Crippen LogP contribution in [0.4, 0.5) is 4.79 Å². The highest BCUT2D eigenvalue weighted by atomic mass is 16.7. The van der Waals surface area contributed by atoms with Crippen LogP contribution in [-0.2, 0) is 9.47 Å². The molecule has 2 amide bonds. The number of carbonyl (C=O) groups is 1. The van der Waals surface area contributed by atoms with E-state index in [1.54, 1.807) is 13.8 Å². The van der Waals surface area contributed by atoms with Crippen molar-refractivity contribution in [1.29, 1.82) is 0 Å². The van der Waals surface area contributed by atoms with Crippen molar-refractivity contribution in [2.24, 2.45) is 0 Å². The maximum Gasteiger partial charge on any atom is 0.319 e. The molecule has 7 heteroatoms. The summed E-state index contributed by atoms with van der Waals surface area (Å²) in [6, 6.07) is -1.72. The second kappa shape index (κ2) is 4.75. The van der Waals surface area contributed by atoms with Gasteiger partial charge in [-0.15, -0.1) is 0 Å². The molecule has 1 atom stereocenters. The van der Waals surface area contributed by atoms with Gasteiger partial charge in [-0.25, -0.2) is 4.79 Å². The van der Waals surface area contributed by atoms with E-state index in [1.165, 1.54) is 0 Å². The average molecular weight is 220 g/mol. The number of amides is 2. The Kier molecular flexibility index (Phi) is 3.86. The molecule has 15 heavy (non-hydrogen) atoms. The average Bonchev–Trinajstić information content (AvgIpc) is 2.39. The maximum atomic E-state index is 10.9. The van der Waals surface area contributed by atoms with Crippen molar-refractivity contribution in [3.05, 3.63) is 0 Å². The third-order valence-electron chi connectivity index (χ3n) is 1.95. The largest absolute Gasteiger partial charge is 0.350 e. The van der Waals surface area contributed by atoms with Crippen LogP contribution < -0.4 is 10.6 Å². The van der Waals surface area contributed by atoms with Crippen molar-refractivity contribution in [2.45, 2.75) is 32.1 Å². The van der Waals surface area contributed by atoms with Gasteiger partial charge in [-0.05, 0) is 13.8 Å². The highest BCUT2D eigenvalue weighted by molar-refractivity contribution is 5.77. The molecule has 1 saturated heterocycles. The van der Waals surface area contributed by atoms with E-state index in [4.69, 9.17) is 9.47 Å². The Morgan fingerprint density at radius 2 is 1.93 bits per heavy atom. The standard InChI is InChI=1S/C8H16N2O5/c1-3-14-6(15-4-2)5-8(12,13)10-7(11)9-5/h5-6,12-13H,3-4H2,1-2H3,(H2,9,10,11). The van der Waals surface area contributed by atoms with Crippen molar-refractivity contribution in [1.82, 2.24) is 10.6 Å². The van der Waals surface area contributed by atoms with Gasteiger partial charge >= 0.3 is 6.03 Å². The van der Waals surface area contributed by atoms with Crippen molar-refractivity contribution < 1.29 is 24.5 Å². The van der Waals surface area contributed by atoms with Gasteiger partial charge in [0, 0.05) is 13.2 Å². The quantitative estimate of drug-likeness (QED) is 0.432. The lowest BCUT2D eigenvalue weighted by Crippen LogP contribution is -2.56. The van der Waals surface area contributed by atoms with Crippen LogP contribution in [0.5, 0.6) is 0 Å². The Hall–Kier alpha value is -0.890. The molecule has 4 N–H and O–H groups in total. The molecule has 1 heterocycles. The summed E-state index contributed by atoms with van der Waals surface area (Å²) in [5.41, 5.74) is 0. The molecule has 0 saturated carbocycles. The van der Waals surface area contributed by atoms with E-state index in [2.05, 4.69) is 5.32 Å². The molecular weight excluding hydrogens is 204 g/mol. The predicted octanol–water partition coefficient (Wildman–Crippen LogP) is -1.29. The summed E-state index contributed by atoms with van der Waals surface area (Å²) < 4.78 is 10.3.